The van der Waals surface area contributed by atoms with E-state index in [4.69, 9.17) is 9.36 Å². The molecule has 1 amide bonds. The lowest BCUT2D eigenvalue weighted by atomic mass is 9.96. The fraction of sp³-hybridized carbons (Fsp3) is 0.250. The van der Waals surface area contributed by atoms with Crippen LogP contribution >= 0.6 is 0 Å². The fourth-order valence-corrected chi connectivity index (χ4v) is 2.96. The van der Waals surface area contributed by atoms with Crippen molar-refractivity contribution in [3.05, 3.63) is 65.8 Å². The molecule has 0 spiro atoms. The second kappa shape index (κ2) is 5.60. The predicted octanol–water partition coefficient (Wildman–Crippen LogP) is 2.14. The number of nitrogens with zero attached hydrogens (tertiary/aromatic N) is 3. The summed E-state index contributed by atoms with van der Waals surface area (Å²) in [5.41, 5.74) is 0.951. The zero-order chi connectivity index (χ0) is 15.8. The number of hydrogen-bond acceptors (Lipinski definition) is 5. The van der Waals surface area contributed by atoms with Gasteiger partial charge in [-0.3, -0.25) is 14.5 Å². The highest BCUT2D eigenvalue weighted by Crippen LogP contribution is 2.34. The lowest BCUT2D eigenvalue weighted by molar-refractivity contribution is -0.233. The summed E-state index contributed by atoms with van der Waals surface area (Å²) in [4.78, 5) is 20.3. The summed E-state index contributed by atoms with van der Waals surface area (Å²) >= 11 is 0. The molecule has 6 nitrogen and oxygen atoms in total. The number of halogens is 1. The second-order valence-electron chi connectivity index (χ2n) is 5.47. The van der Waals surface area contributed by atoms with E-state index in [-0.39, 0.29) is 29.6 Å². The molecular formula is C16H14FN3O3. The van der Waals surface area contributed by atoms with Crippen molar-refractivity contribution >= 4 is 5.91 Å². The van der Waals surface area contributed by atoms with E-state index in [1.807, 2.05) is 12.2 Å². The quantitative estimate of drug-likeness (QED) is 0.795. The monoisotopic (exact) mass is 315 g/mol. The van der Waals surface area contributed by atoms with Gasteiger partial charge in [0.1, 0.15) is 18.6 Å². The van der Waals surface area contributed by atoms with Crippen LogP contribution < -0.4 is 0 Å². The van der Waals surface area contributed by atoms with Gasteiger partial charge in [0.15, 0.2) is 0 Å². The molecule has 1 fully saturated rings. The average Bonchev–Trinajstić information content (AvgIpc) is 3.08. The van der Waals surface area contributed by atoms with E-state index in [0.29, 0.717) is 13.2 Å². The molecule has 23 heavy (non-hydrogen) atoms. The number of carbonyl (C=O) groups excluding carboxylic acids is 1. The van der Waals surface area contributed by atoms with Crippen molar-refractivity contribution in [2.45, 2.75) is 12.1 Å². The maximum absolute atomic E-state index is 13.1. The van der Waals surface area contributed by atoms with Crippen molar-refractivity contribution < 1.29 is 18.5 Å². The van der Waals surface area contributed by atoms with Crippen molar-refractivity contribution in [2.75, 3.05) is 13.2 Å². The first kappa shape index (κ1) is 14.1. The molecule has 2 aliphatic heterocycles. The molecule has 4 rings (SSSR count). The Morgan fingerprint density at radius 2 is 2.09 bits per heavy atom. The third-order valence-corrected chi connectivity index (χ3v) is 4.02. The second-order valence-corrected chi connectivity index (χ2v) is 5.47. The van der Waals surface area contributed by atoms with Crippen LogP contribution in [0.4, 0.5) is 4.39 Å². The summed E-state index contributed by atoms with van der Waals surface area (Å²) in [6, 6.07) is 7.80. The van der Waals surface area contributed by atoms with Gasteiger partial charge in [0.2, 0.25) is 5.76 Å². The molecule has 3 atom stereocenters. The van der Waals surface area contributed by atoms with E-state index in [2.05, 4.69) is 10.1 Å². The van der Waals surface area contributed by atoms with Gasteiger partial charge in [0, 0.05) is 12.6 Å². The van der Waals surface area contributed by atoms with Gasteiger partial charge in [-0.15, -0.1) is 0 Å². The van der Waals surface area contributed by atoms with E-state index in [1.54, 1.807) is 12.1 Å². The molecule has 2 aromatic rings. The van der Waals surface area contributed by atoms with Crippen molar-refractivity contribution in [3.63, 3.8) is 0 Å². The zero-order valence-corrected chi connectivity index (χ0v) is 12.1. The molecule has 3 heterocycles. The smallest absolute Gasteiger partial charge is 0.317 e. The topological polar surface area (TPSA) is 58.8 Å². The van der Waals surface area contributed by atoms with Gasteiger partial charge in [-0.25, -0.2) is 4.39 Å². The molecule has 1 aromatic heterocycles. The largest absolute Gasteiger partial charge is 0.351 e. The van der Waals surface area contributed by atoms with E-state index in [1.165, 1.54) is 29.5 Å². The Kier molecular flexibility index (Phi) is 3.44. The number of hydroxylamine groups is 2. The molecule has 118 valence electrons. The highest BCUT2D eigenvalue weighted by atomic mass is 19.1. The Bertz CT molecular complexity index is 730. The molecule has 1 saturated heterocycles. The Hall–Kier alpha value is -2.51. The van der Waals surface area contributed by atoms with Gasteiger partial charge in [0.25, 0.3) is 0 Å². The van der Waals surface area contributed by atoms with E-state index in [9.17, 15) is 9.18 Å². The van der Waals surface area contributed by atoms with Crippen LogP contribution in [0.5, 0.6) is 0 Å². The number of benzene rings is 1. The van der Waals surface area contributed by atoms with Crippen LogP contribution in [0.2, 0.25) is 0 Å². The van der Waals surface area contributed by atoms with Gasteiger partial charge in [0.05, 0.1) is 12.2 Å². The highest BCUT2D eigenvalue weighted by Gasteiger charge is 2.40. The molecular weight excluding hydrogens is 301 g/mol. The SMILES string of the molecule is O=C(c1ccno1)N1CN2CC=CC(O1)C2c1ccc(F)cc1. The highest BCUT2D eigenvalue weighted by molar-refractivity contribution is 5.90. The summed E-state index contributed by atoms with van der Waals surface area (Å²) in [5, 5.41) is 4.81. The molecule has 1 aromatic carbocycles. The fourth-order valence-electron chi connectivity index (χ4n) is 2.96. The first-order chi connectivity index (χ1) is 11.2. The summed E-state index contributed by atoms with van der Waals surface area (Å²) in [5.74, 6) is -0.512. The van der Waals surface area contributed by atoms with Crippen LogP contribution in [0, 0.1) is 5.82 Å². The summed E-state index contributed by atoms with van der Waals surface area (Å²) in [7, 11) is 0. The van der Waals surface area contributed by atoms with Crippen LogP contribution in [0.3, 0.4) is 0 Å². The van der Waals surface area contributed by atoms with Crippen molar-refractivity contribution in [2.24, 2.45) is 0 Å². The molecule has 0 aliphatic carbocycles. The Labute approximate surface area is 131 Å². The Morgan fingerprint density at radius 3 is 2.78 bits per heavy atom. The van der Waals surface area contributed by atoms with Crippen molar-refractivity contribution in [3.8, 4) is 0 Å². The Morgan fingerprint density at radius 1 is 1.26 bits per heavy atom. The lowest BCUT2D eigenvalue weighted by Crippen LogP contribution is -2.55. The molecule has 2 aliphatic rings. The minimum atomic E-state index is -0.370. The normalized spacial score (nSPS) is 26.3. The molecule has 0 radical (unpaired) electrons. The molecule has 0 N–H and O–H groups in total. The van der Waals surface area contributed by atoms with Crippen molar-refractivity contribution in [1.29, 1.82) is 0 Å². The number of amides is 1. The van der Waals surface area contributed by atoms with Crippen LogP contribution in [0.25, 0.3) is 0 Å². The molecule has 7 heteroatoms. The van der Waals surface area contributed by atoms with Crippen LogP contribution in [-0.2, 0) is 4.84 Å². The predicted molar refractivity (Wildman–Crippen MR) is 77.4 cm³/mol. The summed E-state index contributed by atoms with van der Waals surface area (Å²) in [6.07, 6.45) is 5.01. The minimum Gasteiger partial charge on any atom is -0.351 e. The summed E-state index contributed by atoms with van der Waals surface area (Å²) in [6.45, 7) is 0.977. The number of carbonyl (C=O) groups is 1. The first-order valence-electron chi connectivity index (χ1n) is 7.28. The number of aromatic nitrogens is 1. The molecule has 0 saturated carbocycles. The average molecular weight is 315 g/mol. The van der Waals surface area contributed by atoms with Crippen molar-refractivity contribution in [1.82, 2.24) is 15.1 Å². The van der Waals surface area contributed by atoms with Gasteiger partial charge >= 0.3 is 5.91 Å². The van der Waals surface area contributed by atoms with E-state index >= 15 is 0 Å². The van der Waals surface area contributed by atoms with Gasteiger partial charge in [-0.1, -0.05) is 29.4 Å². The minimum absolute atomic E-state index is 0.0561. The van der Waals surface area contributed by atoms with Crippen LogP contribution in [0.15, 0.2) is 53.2 Å². The van der Waals surface area contributed by atoms with Gasteiger partial charge in [-0.2, -0.15) is 5.06 Å². The maximum Gasteiger partial charge on any atom is 0.317 e. The Balaban J connectivity index is 1.59. The van der Waals surface area contributed by atoms with Crippen LogP contribution in [0.1, 0.15) is 22.2 Å². The third-order valence-electron chi connectivity index (χ3n) is 4.02. The standard InChI is InChI=1S/C16H14FN3O3/c17-12-5-3-11(4-6-12)15-13-2-1-9-19(15)10-20(23-13)16(21)14-7-8-18-22-14/h1-8,13,15H,9-10H2. The van der Waals surface area contributed by atoms with Gasteiger partial charge < -0.3 is 4.52 Å². The molecule has 2 bridgehead atoms. The lowest BCUT2D eigenvalue weighted by Gasteiger charge is -2.46. The zero-order valence-electron chi connectivity index (χ0n) is 12.1. The van der Waals surface area contributed by atoms with E-state index < -0.39 is 0 Å². The number of hydrogen-bond donors (Lipinski definition) is 0. The maximum atomic E-state index is 13.1. The van der Waals surface area contributed by atoms with Gasteiger partial charge in [-0.05, 0) is 17.7 Å². The van der Waals surface area contributed by atoms with Crippen LogP contribution in [-0.4, -0.2) is 40.3 Å². The summed E-state index contributed by atoms with van der Waals surface area (Å²) < 4.78 is 18.0. The molecule has 3 unspecified atom stereocenters. The number of fused-ring (bicyclic) bond motifs is 2. The number of rotatable bonds is 2. The first-order valence-corrected chi connectivity index (χ1v) is 7.28. The third kappa shape index (κ3) is 2.54. The van der Waals surface area contributed by atoms with E-state index in [0.717, 1.165) is 5.56 Å².